The van der Waals surface area contributed by atoms with Crippen molar-refractivity contribution in [2.45, 2.75) is 31.6 Å². The molecule has 1 N–H and O–H groups in total. The fourth-order valence-corrected chi connectivity index (χ4v) is 4.92. The van der Waals surface area contributed by atoms with Gasteiger partial charge in [0.05, 0.1) is 17.7 Å². The van der Waals surface area contributed by atoms with Crippen LogP contribution in [-0.2, 0) is 14.8 Å². The average molecular weight is 403 g/mol. The number of para-hydroxylation sites is 2. The summed E-state index contributed by atoms with van der Waals surface area (Å²) < 4.78 is 32.6. The van der Waals surface area contributed by atoms with Gasteiger partial charge >= 0.3 is 0 Å². The first-order chi connectivity index (χ1) is 13.3. The molecule has 2 aromatic carbocycles. The highest BCUT2D eigenvalue weighted by molar-refractivity contribution is 7.89. The van der Waals surface area contributed by atoms with Gasteiger partial charge < -0.3 is 10.1 Å². The van der Waals surface area contributed by atoms with Crippen molar-refractivity contribution < 1.29 is 17.9 Å². The largest absolute Gasteiger partial charge is 0.495 e. The van der Waals surface area contributed by atoms with Gasteiger partial charge in [-0.05, 0) is 62.1 Å². The minimum Gasteiger partial charge on any atom is -0.495 e. The van der Waals surface area contributed by atoms with E-state index in [0.29, 0.717) is 42.3 Å². The van der Waals surface area contributed by atoms with Gasteiger partial charge in [0.15, 0.2) is 0 Å². The number of carbonyl (C=O) groups excluding carboxylic acids is 1. The molecule has 1 aliphatic rings. The number of nitrogens with one attached hydrogen (secondary N) is 1. The molecule has 6 nitrogen and oxygen atoms in total. The Bertz CT molecular complexity index is 964. The maximum atomic E-state index is 12.9. The summed E-state index contributed by atoms with van der Waals surface area (Å²) >= 11 is 0. The molecule has 0 aliphatic carbocycles. The van der Waals surface area contributed by atoms with Crippen LogP contribution in [0.25, 0.3) is 0 Å². The summed E-state index contributed by atoms with van der Waals surface area (Å²) in [5.41, 5.74) is 2.64. The number of methoxy groups -OCH3 is 1. The van der Waals surface area contributed by atoms with Crippen LogP contribution in [0, 0.1) is 19.8 Å². The topological polar surface area (TPSA) is 75.7 Å². The molecule has 3 rings (SSSR count). The Hall–Kier alpha value is -2.38. The molecule has 0 unspecified atom stereocenters. The van der Waals surface area contributed by atoms with Crippen LogP contribution in [0.1, 0.15) is 24.0 Å². The van der Waals surface area contributed by atoms with E-state index in [1.54, 1.807) is 31.4 Å². The van der Waals surface area contributed by atoms with Crippen LogP contribution in [0.5, 0.6) is 5.75 Å². The second kappa shape index (κ2) is 8.32. The quantitative estimate of drug-likeness (QED) is 0.832. The van der Waals surface area contributed by atoms with Crippen LogP contribution in [0.3, 0.4) is 0 Å². The van der Waals surface area contributed by atoms with Gasteiger partial charge in [0, 0.05) is 19.0 Å². The van der Waals surface area contributed by atoms with Crippen molar-refractivity contribution in [3.63, 3.8) is 0 Å². The van der Waals surface area contributed by atoms with Gasteiger partial charge in [-0.3, -0.25) is 4.79 Å². The minimum atomic E-state index is -3.54. The van der Waals surface area contributed by atoms with E-state index in [9.17, 15) is 13.2 Å². The molecule has 0 spiro atoms. The van der Waals surface area contributed by atoms with E-state index in [1.807, 2.05) is 32.0 Å². The summed E-state index contributed by atoms with van der Waals surface area (Å²) in [5, 5.41) is 2.90. The first-order valence-corrected chi connectivity index (χ1v) is 10.8. The number of nitrogens with zero attached hydrogens (tertiary/aromatic N) is 1. The number of hydrogen-bond donors (Lipinski definition) is 1. The monoisotopic (exact) mass is 402 g/mol. The number of amides is 1. The average Bonchev–Trinajstić information content (AvgIpc) is 2.70. The summed E-state index contributed by atoms with van der Waals surface area (Å²) in [4.78, 5) is 12.9. The molecule has 1 saturated heterocycles. The number of benzene rings is 2. The molecule has 1 aliphatic heterocycles. The van der Waals surface area contributed by atoms with Gasteiger partial charge in [-0.1, -0.05) is 18.2 Å². The van der Waals surface area contributed by atoms with Crippen LogP contribution in [0.4, 0.5) is 5.69 Å². The van der Waals surface area contributed by atoms with Gasteiger partial charge in [0.1, 0.15) is 5.75 Å². The molecule has 1 heterocycles. The molecular formula is C21H26N2O4S. The maximum absolute atomic E-state index is 12.9. The van der Waals surface area contributed by atoms with Gasteiger partial charge in [0.25, 0.3) is 0 Å². The van der Waals surface area contributed by atoms with Crippen molar-refractivity contribution in [3.8, 4) is 5.75 Å². The number of ether oxygens (including phenoxy) is 1. The lowest BCUT2D eigenvalue weighted by molar-refractivity contribution is -0.120. The Balaban J connectivity index is 1.65. The van der Waals surface area contributed by atoms with E-state index in [0.717, 1.165) is 11.1 Å². The summed E-state index contributed by atoms with van der Waals surface area (Å²) in [5.74, 6) is 0.273. The summed E-state index contributed by atoms with van der Waals surface area (Å²) in [6.07, 6.45) is 0.982. The molecule has 0 saturated carbocycles. The molecule has 1 amide bonds. The number of carbonyl (C=O) groups is 1. The van der Waals surface area contributed by atoms with E-state index >= 15 is 0 Å². The molecule has 0 aromatic heterocycles. The van der Waals surface area contributed by atoms with Crippen LogP contribution in [0.2, 0.25) is 0 Å². The molecule has 7 heteroatoms. The van der Waals surface area contributed by atoms with E-state index in [1.165, 1.54) is 4.31 Å². The molecule has 2 aromatic rings. The summed E-state index contributed by atoms with van der Waals surface area (Å²) in [7, 11) is -1.98. The van der Waals surface area contributed by atoms with E-state index < -0.39 is 10.0 Å². The van der Waals surface area contributed by atoms with Crippen LogP contribution < -0.4 is 10.1 Å². The van der Waals surface area contributed by atoms with Gasteiger partial charge in [-0.25, -0.2) is 8.42 Å². The van der Waals surface area contributed by atoms with E-state index in [-0.39, 0.29) is 11.8 Å². The Morgan fingerprint density at radius 3 is 2.39 bits per heavy atom. The van der Waals surface area contributed by atoms with Crippen molar-refractivity contribution >= 4 is 21.6 Å². The zero-order chi connectivity index (χ0) is 20.3. The zero-order valence-electron chi connectivity index (χ0n) is 16.4. The highest BCUT2D eigenvalue weighted by atomic mass is 32.2. The minimum absolute atomic E-state index is 0.104. The Kier molecular flexibility index (Phi) is 6.05. The third-order valence-electron chi connectivity index (χ3n) is 5.31. The lowest BCUT2D eigenvalue weighted by Crippen LogP contribution is -2.41. The first kappa shape index (κ1) is 20.4. The van der Waals surface area contributed by atoms with Crippen molar-refractivity contribution in [1.82, 2.24) is 4.31 Å². The lowest BCUT2D eigenvalue weighted by Gasteiger charge is -2.30. The lowest BCUT2D eigenvalue weighted by atomic mass is 9.97. The van der Waals surface area contributed by atoms with Gasteiger partial charge in [-0.15, -0.1) is 0 Å². The van der Waals surface area contributed by atoms with Crippen LogP contribution in [-0.4, -0.2) is 38.8 Å². The molecule has 0 radical (unpaired) electrons. The second-order valence-electron chi connectivity index (χ2n) is 7.11. The van der Waals surface area contributed by atoms with Crippen LogP contribution in [0.15, 0.2) is 47.4 Å². The SMILES string of the molecule is COc1ccccc1NC(=O)C1CCN(S(=O)(=O)c2ccc(C)c(C)c2)CC1. The van der Waals surface area contributed by atoms with Crippen molar-refractivity contribution in [3.05, 3.63) is 53.6 Å². The smallest absolute Gasteiger partial charge is 0.243 e. The number of anilines is 1. The number of sulfonamides is 1. The van der Waals surface area contributed by atoms with E-state index in [2.05, 4.69) is 5.32 Å². The summed E-state index contributed by atoms with van der Waals surface area (Å²) in [6, 6.07) is 12.4. The highest BCUT2D eigenvalue weighted by Gasteiger charge is 2.32. The predicted octanol–water partition coefficient (Wildman–Crippen LogP) is 3.35. The molecular weight excluding hydrogens is 376 g/mol. The Morgan fingerprint density at radius 2 is 1.75 bits per heavy atom. The number of piperidine rings is 1. The van der Waals surface area contributed by atoms with Crippen molar-refractivity contribution in [2.75, 3.05) is 25.5 Å². The Morgan fingerprint density at radius 1 is 1.07 bits per heavy atom. The number of rotatable bonds is 5. The fraction of sp³-hybridized carbons (Fsp3) is 0.381. The first-order valence-electron chi connectivity index (χ1n) is 9.34. The third kappa shape index (κ3) is 4.20. The molecule has 0 bridgehead atoms. The maximum Gasteiger partial charge on any atom is 0.243 e. The van der Waals surface area contributed by atoms with Gasteiger partial charge in [-0.2, -0.15) is 4.31 Å². The highest BCUT2D eigenvalue weighted by Crippen LogP contribution is 2.28. The summed E-state index contributed by atoms with van der Waals surface area (Å²) in [6.45, 7) is 4.53. The van der Waals surface area contributed by atoms with Crippen LogP contribution >= 0.6 is 0 Å². The Labute approximate surface area is 166 Å². The molecule has 1 fully saturated rings. The molecule has 150 valence electrons. The standard InChI is InChI=1S/C21H26N2O4S/c1-15-8-9-18(14-16(15)2)28(25,26)23-12-10-17(11-13-23)21(24)22-19-6-4-5-7-20(19)27-3/h4-9,14,17H,10-13H2,1-3H3,(H,22,24). The van der Waals surface area contributed by atoms with E-state index in [4.69, 9.17) is 4.74 Å². The number of hydrogen-bond acceptors (Lipinski definition) is 4. The zero-order valence-corrected chi connectivity index (χ0v) is 17.3. The van der Waals surface area contributed by atoms with Gasteiger partial charge in [0.2, 0.25) is 15.9 Å². The molecule has 28 heavy (non-hydrogen) atoms. The normalized spacial score (nSPS) is 16.0. The number of aryl methyl sites for hydroxylation is 2. The fourth-order valence-electron chi connectivity index (χ4n) is 3.36. The second-order valence-corrected chi connectivity index (χ2v) is 9.05. The molecule has 0 atom stereocenters. The predicted molar refractivity (Wildman–Crippen MR) is 109 cm³/mol. The van der Waals surface area contributed by atoms with Crippen molar-refractivity contribution in [2.24, 2.45) is 5.92 Å². The van der Waals surface area contributed by atoms with Crippen molar-refractivity contribution in [1.29, 1.82) is 0 Å². The third-order valence-corrected chi connectivity index (χ3v) is 7.20.